The molecule has 1 aromatic heterocycles. The zero-order chi connectivity index (χ0) is 25.4. The number of nitrogens with zero attached hydrogens (tertiary/aromatic N) is 2. The number of sulfonamides is 1. The lowest BCUT2D eigenvalue weighted by Gasteiger charge is -2.38. The number of likely N-dealkylation sites (tertiary alicyclic amines) is 1. The van der Waals surface area contributed by atoms with Gasteiger partial charge in [0.2, 0.25) is 15.9 Å². The number of rotatable bonds is 8. The number of hydrogen-bond acceptors (Lipinski definition) is 7. The summed E-state index contributed by atoms with van der Waals surface area (Å²) in [5.41, 5.74) is 1.26. The molecular formula is C24H26FN3O6S2. The highest BCUT2D eigenvalue weighted by Crippen LogP contribution is 2.40. The first kappa shape index (κ1) is 24.8. The van der Waals surface area contributed by atoms with Gasteiger partial charge in [0.1, 0.15) is 18.5 Å². The second-order valence-electron chi connectivity index (χ2n) is 9.18. The summed E-state index contributed by atoms with van der Waals surface area (Å²) in [5, 5.41) is 4.55. The number of aromatic nitrogens is 1. The maximum absolute atomic E-state index is 14.4. The third-order valence-corrected chi connectivity index (χ3v) is 8.97. The van der Waals surface area contributed by atoms with Crippen molar-refractivity contribution in [3.63, 3.8) is 0 Å². The highest BCUT2D eigenvalue weighted by molar-refractivity contribution is 7.89. The molecule has 3 aliphatic rings. The minimum absolute atomic E-state index is 0.0638. The number of hydrogen-bond donors (Lipinski definition) is 1. The number of carbonyl (C=O) groups excluding carboxylic acids is 1. The Morgan fingerprint density at radius 3 is 2.64 bits per heavy atom. The lowest BCUT2D eigenvalue weighted by Crippen LogP contribution is -2.55. The molecule has 0 spiro atoms. The molecular weight excluding hydrogens is 509 g/mol. The number of ether oxygens (including phenoxy) is 2. The van der Waals surface area contributed by atoms with Crippen LogP contribution in [0.2, 0.25) is 0 Å². The van der Waals surface area contributed by atoms with E-state index < -0.39 is 31.9 Å². The molecule has 2 atom stereocenters. The maximum Gasteiger partial charge on any atom is 0.254 e. The Kier molecular flexibility index (Phi) is 6.84. The molecule has 1 amide bonds. The summed E-state index contributed by atoms with van der Waals surface area (Å²) >= 11 is 0. The van der Waals surface area contributed by atoms with Crippen LogP contribution in [0.15, 0.2) is 52.5 Å². The van der Waals surface area contributed by atoms with Gasteiger partial charge in [-0.15, -0.1) is 0 Å². The number of allylic oxidation sites excluding steroid dienone is 1. The van der Waals surface area contributed by atoms with E-state index in [1.807, 2.05) is 6.08 Å². The normalized spacial score (nSPS) is 20.9. The van der Waals surface area contributed by atoms with Crippen molar-refractivity contribution < 1.29 is 31.3 Å². The predicted molar refractivity (Wildman–Crippen MR) is 129 cm³/mol. The summed E-state index contributed by atoms with van der Waals surface area (Å²) in [5.74, 6) is -0.459. The Morgan fingerprint density at radius 1 is 1.22 bits per heavy atom. The van der Waals surface area contributed by atoms with Crippen LogP contribution >= 0.6 is 0 Å². The van der Waals surface area contributed by atoms with Crippen molar-refractivity contribution in [2.24, 2.45) is 5.14 Å². The van der Waals surface area contributed by atoms with Gasteiger partial charge in [0.25, 0.3) is 5.91 Å². The Morgan fingerprint density at radius 2 is 2.00 bits per heavy atom. The predicted octanol–water partition coefficient (Wildman–Crippen LogP) is 2.45. The number of pyridine rings is 1. The van der Waals surface area contributed by atoms with Crippen LogP contribution in [0.4, 0.5) is 4.39 Å². The molecule has 1 saturated carbocycles. The lowest BCUT2D eigenvalue weighted by molar-refractivity contribution is 0.0655. The molecule has 0 radical (unpaired) electrons. The molecule has 1 aromatic carbocycles. The van der Waals surface area contributed by atoms with Crippen LogP contribution in [0.25, 0.3) is 0 Å². The third-order valence-electron chi connectivity index (χ3n) is 6.39. The Labute approximate surface area is 211 Å². The van der Waals surface area contributed by atoms with E-state index in [1.165, 1.54) is 0 Å². The highest BCUT2D eigenvalue weighted by atomic mass is 32.2. The molecule has 36 heavy (non-hydrogen) atoms. The summed E-state index contributed by atoms with van der Waals surface area (Å²) in [7, 11) is -5.82. The smallest absolute Gasteiger partial charge is 0.254 e. The highest BCUT2D eigenvalue weighted by Gasteiger charge is 2.37. The quantitative estimate of drug-likeness (QED) is 0.550. The number of primary sulfonamides is 1. The lowest BCUT2D eigenvalue weighted by atomic mass is 10.1. The van der Waals surface area contributed by atoms with Crippen LogP contribution in [-0.2, 0) is 25.6 Å². The van der Waals surface area contributed by atoms with E-state index in [0.29, 0.717) is 24.0 Å². The molecule has 2 aliphatic heterocycles. The van der Waals surface area contributed by atoms with Crippen molar-refractivity contribution in [1.29, 1.82) is 0 Å². The van der Waals surface area contributed by atoms with Gasteiger partial charge in [0, 0.05) is 36.3 Å². The molecule has 12 heteroatoms. The van der Waals surface area contributed by atoms with Crippen LogP contribution in [0, 0.1) is 5.82 Å². The van der Waals surface area contributed by atoms with Gasteiger partial charge in [-0.25, -0.2) is 22.9 Å². The number of amides is 1. The van der Waals surface area contributed by atoms with Gasteiger partial charge in [-0.05, 0) is 56.0 Å². The average Bonchev–Trinajstić information content (AvgIpc) is 3.67. The molecule has 192 valence electrons. The van der Waals surface area contributed by atoms with Crippen molar-refractivity contribution in [2.75, 3.05) is 19.7 Å². The largest absolute Gasteiger partial charge is 0.495 e. The molecule has 0 bridgehead atoms. The summed E-state index contributed by atoms with van der Waals surface area (Å²) in [6.45, 7) is 0.697. The topological polar surface area (TPSA) is 129 Å². The fourth-order valence-corrected chi connectivity index (χ4v) is 6.09. The summed E-state index contributed by atoms with van der Waals surface area (Å²) < 4.78 is 61.5. The minimum Gasteiger partial charge on any atom is -0.495 e. The van der Waals surface area contributed by atoms with Gasteiger partial charge in [-0.1, -0.05) is 0 Å². The number of halogens is 1. The van der Waals surface area contributed by atoms with Gasteiger partial charge in [0.05, 0.1) is 32.1 Å². The first-order valence-electron chi connectivity index (χ1n) is 11.7. The SMILES string of the molecule is NS(=O)(=O)c1ccc(S(=O)C2CN(C(=O)c3cc(OCC4CCC=CO4)nc(C4CC4)c3)C2)c(F)c1. The monoisotopic (exact) mass is 535 g/mol. The molecule has 2 unspecified atom stereocenters. The number of benzene rings is 1. The van der Waals surface area contributed by atoms with E-state index >= 15 is 0 Å². The van der Waals surface area contributed by atoms with Crippen molar-refractivity contribution in [1.82, 2.24) is 9.88 Å². The molecule has 2 aromatic rings. The minimum atomic E-state index is -4.07. The molecule has 5 rings (SSSR count). The van der Waals surface area contributed by atoms with Crippen molar-refractivity contribution >= 4 is 26.7 Å². The van der Waals surface area contributed by atoms with E-state index in [4.69, 9.17) is 14.6 Å². The van der Waals surface area contributed by atoms with Crippen LogP contribution in [0.5, 0.6) is 5.88 Å². The zero-order valence-corrected chi connectivity index (χ0v) is 21.0. The van der Waals surface area contributed by atoms with E-state index in [2.05, 4.69) is 4.98 Å². The molecule has 3 heterocycles. The van der Waals surface area contributed by atoms with Crippen LogP contribution in [0.1, 0.15) is 47.7 Å². The standard InChI is InChI=1S/C24H26FN3O6S2/c25-20-11-19(36(26,31)32)6-7-22(20)35(30)18-12-28(13-18)24(29)16-9-21(15-4-5-15)27-23(10-16)34-14-17-3-1-2-8-33-17/h2,6-11,15,17-18H,1,3-5,12-14H2,(H2,26,31,32). The number of nitrogens with two attached hydrogens (primary N) is 1. The fraction of sp³-hybridized carbons (Fsp3) is 0.417. The van der Waals surface area contributed by atoms with Crippen molar-refractivity contribution in [3.8, 4) is 5.88 Å². The van der Waals surface area contributed by atoms with E-state index in [9.17, 15) is 21.8 Å². The van der Waals surface area contributed by atoms with E-state index in [-0.39, 0.29) is 34.9 Å². The van der Waals surface area contributed by atoms with Crippen molar-refractivity contribution in [3.05, 3.63) is 59.7 Å². The molecule has 1 saturated heterocycles. The van der Waals surface area contributed by atoms with Crippen molar-refractivity contribution in [2.45, 2.75) is 52.7 Å². The first-order chi connectivity index (χ1) is 17.2. The van der Waals surface area contributed by atoms with Crippen LogP contribution < -0.4 is 9.88 Å². The second-order valence-corrected chi connectivity index (χ2v) is 12.4. The third kappa shape index (κ3) is 5.45. The van der Waals surface area contributed by atoms with Gasteiger partial charge >= 0.3 is 0 Å². The second kappa shape index (κ2) is 9.91. The van der Waals surface area contributed by atoms with Crippen LogP contribution in [0.3, 0.4) is 0 Å². The van der Waals surface area contributed by atoms with Gasteiger partial charge < -0.3 is 14.4 Å². The average molecular weight is 536 g/mol. The molecule has 1 aliphatic carbocycles. The van der Waals surface area contributed by atoms with Gasteiger partial charge in [-0.2, -0.15) is 0 Å². The molecule has 2 N–H and O–H groups in total. The fourth-order valence-electron chi connectivity index (χ4n) is 4.12. The van der Waals surface area contributed by atoms with E-state index in [1.54, 1.807) is 23.3 Å². The molecule has 9 nitrogen and oxygen atoms in total. The summed E-state index contributed by atoms with van der Waals surface area (Å²) in [4.78, 5) is 18.8. The summed E-state index contributed by atoms with van der Waals surface area (Å²) in [6.07, 6.45) is 7.37. The summed E-state index contributed by atoms with van der Waals surface area (Å²) in [6, 6.07) is 6.44. The van der Waals surface area contributed by atoms with E-state index in [0.717, 1.165) is 49.6 Å². The Hall–Kier alpha value is -2.83. The zero-order valence-electron chi connectivity index (χ0n) is 19.3. The Balaban J connectivity index is 1.25. The Bertz CT molecular complexity index is 1340. The van der Waals surface area contributed by atoms with Crippen LogP contribution in [-0.4, -0.2) is 59.5 Å². The number of carbonyl (C=O) groups is 1. The maximum atomic E-state index is 14.4. The van der Waals surface area contributed by atoms with Gasteiger partial charge in [-0.3, -0.25) is 9.00 Å². The first-order valence-corrected chi connectivity index (χ1v) is 14.4. The van der Waals surface area contributed by atoms with Gasteiger partial charge in [0.15, 0.2) is 0 Å². The molecule has 2 fully saturated rings.